The molecule has 4 atom stereocenters. The lowest BCUT2D eigenvalue weighted by Gasteiger charge is -2.25. The normalized spacial score (nSPS) is 26.5. The number of esters is 3. The van der Waals surface area contributed by atoms with E-state index in [1.807, 2.05) is 12.1 Å². The quantitative estimate of drug-likeness (QED) is 0.344. The van der Waals surface area contributed by atoms with E-state index in [0.717, 1.165) is 29.6 Å². The van der Waals surface area contributed by atoms with Crippen molar-refractivity contribution in [3.63, 3.8) is 0 Å². The van der Waals surface area contributed by atoms with Gasteiger partial charge in [-0.1, -0.05) is 12.1 Å². The van der Waals surface area contributed by atoms with E-state index in [2.05, 4.69) is 4.98 Å². The van der Waals surface area contributed by atoms with E-state index in [-0.39, 0.29) is 12.4 Å². The maximum absolute atomic E-state index is 12.6. The lowest BCUT2D eigenvalue weighted by Crippen LogP contribution is -2.43. The van der Waals surface area contributed by atoms with Crippen LogP contribution in [0.25, 0.3) is 0 Å². The molecule has 12 heteroatoms. The Bertz CT molecular complexity index is 1240. The van der Waals surface area contributed by atoms with Crippen molar-refractivity contribution in [3.05, 3.63) is 70.3 Å². The van der Waals surface area contributed by atoms with Crippen molar-refractivity contribution in [3.8, 4) is 0 Å². The number of carbonyl (C=O) groups excluding carboxylic acids is 3. The minimum atomic E-state index is -1.24. The SMILES string of the molecule is O=C1/C=C\C(=O)O[C@H]2C(O1)C(COC(=O)c1ccc(C3CC3)cc1)O[C@H]2n1ccc(NO)nc1=O. The van der Waals surface area contributed by atoms with Gasteiger partial charge in [-0.25, -0.2) is 19.2 Å². The molecule has 182 valence electrons. The van der Waals surface area contributed by atoms with Crippen LogP contribution in [0, 0.1) is 0 Å². The van der Waals surface area contributed by atoms with Crippen molar-refractivity contribution < 1.29 is 38.5 Å². The van der Waals surface area contributed by atoms with Crippen LogP contribution in [0.5, 0.6) is 0 Å². The van der Waals surface area contributed by atoms with E-state index < -0.39 is 48.1 Å². The first kappa shape index (κ1) is 22.7. The van der Waals surface area contributed by atoms with Gasteiger partial charge in [0.2, 0.25) is 0 Å². The van der Waals surface area contributed by atoms with Crippen LogP contribution in [0.4, 0.5) is 5.82 Å². The minimum Gasteiger partial charge on any atom is -0.459 e. The van der Waals surface area contributed by atoms with E-state index in [0.29, 0.717) is 11.5 Å². The highest BCUT2D eigenvalue weighted by atomic mass is 16.7. The predicted octanol–water partition coefficient (Wildman–Crippen LogP) is 1.07. The number of ether oxygens (including phenoxy) is 4. The molecule has 1 saturated carbocycles. The van der Waals surface area contributed by atoms with Crippen LogP contribution < -0.4 is 11.2 Å². The van der Waals surface area contributed by atoms with Gasteiger partial charge in [0.25, 0.3) is 0 Å². The lowest BCUT2D eigenvalue weighted by molar-refractivity contribution is -0.164. The summed E-state index contributed by atoms with van der Waals surface area (Å²) in [5.74, 6) is -1.83. The van der Waals surface area contributed by atoms with Crippen LogP contribution in [-0.4, -0.2) is 57.6 Å². The fourth-order valence-corrected chi connectivity index (χ4v) is 4.03. The smallest absolute Gasteiger partial charge is 0.351 e. The van der Waals surface area contributed by atoms with Crippen molar-refractivity contribution in [1.82, 2.24) is 9.55 Å². The maximum Gasteiger partial charge on any atom is 0.351 e. The fourth-order valence-electron chi connectivity index (χ4n) is 4.03. The van der Waals surface area contributed by atoms with Gasteiger partial charge in [-0.3, -0.25) is 15.3 Å². The van der Waals surface area contributed by atoms with Crippen LogP contribution in [0.2, 0.25) is 0 Å². The Labute approximate surface area is 198 Å². The maximum atomic E-state index is 12.6. The Balaban J connectivity index is 1.36. The van der Waals surface area contributed by atoms with Crippen molar-refractivity contribution in [1.29, 1.82) is 0 Å². The van der Waals surface area contributed by atoms with Gasteiger partial charge >= 0.3 is 23.6 Å². The van der Waals surface area contributed by atoms with E-state index in [4.69, 9.17) is 24.2 Å². The molecule has 3 heterocycles. The molecule has 0 spiro atoms. The van der Waals surface area contributed by atoms with E-state index >= 15 is 0 Å². The second kappa shape index (κ2) is 9.31. The summed E-state index contributed by atoms with van der Waals surface area (Å²) in [4.78, 5) is 52.9. The number of hydrogen-bond donors (Lipinski definition) is 2. The molecule has 2 aliphatic heterocycles. The number of anilines is 1. The highest BCUT2D eigenvalue weighted by Gasteiger charge is 2.51. The Morgan fingerprint density at radius 1 is 1.06 bits per heavy atom. The molecule has 1 aromatic heterocycles. The standard InChI is InChI=1S/C23H21N3O9/c27-17-7-8-18(28)35-20-19(34-17)15(33-21(20)26-10-9-16(25-31)24-23(26)30)11-32-22(29)14-5-3-13(4-6-14)12-1-2-12/h3-10,12,15,19-21,31H,1-2,11H2,(H,24,25,30)/b8-7-/t15?,19?,20-,21+/m0/s1. The Morgan fingerprint density at radius 3 is 2.37 bits per heavy atom. The molecule has 5 rings (SSSR count). The Hall–Kier alpha value is -4.03. The summed E-state index contributed by atoms with van der Waals surface area (Å²) in [6.07, 6.45) is 0.656. The number of aromatic nitrogens is 2. The molecular weight excluding hydrogens is 462 g/mol. The number of rotatable bonds is 6. The highest BCUT2D eigenvalue weighted by molar-refractivity contribution is 5.92. The van der Waals surface area contributed by atoms with Crippen LogP contribution in [0.3, 0.4) is 0 Å². The zero-order chi connectivity index (χ0) is 24.5. The van der Waals surface area contributed by atoms with Gasteiger partial charge in [0.05, 0.1) is 5.56 Å². The summed E-state index contributed by atoms with van der Waals surface area (Å²) in [6.45, 7) is -0.339. The number of fused-ring (bicyclic) bond motifs is 1. The number of benzene rings is 1. The molecule has 0 amide bonds. The van der Waals surface area contributed by atoms with Gasteiger partial charge < -0.3 is 18.9 Å². The molecule has 12 nitrogen and oxygen atoms in total. The zero-order valence-corrected chi connectivity index (χ0v) is 18.2. The van der Waals surface area contributed by atoms with E-state index in [1.54, 1.807) is 17.6 Å². The summed E-state index contributed by atoms with van der Waals surface area (Å²) in [5, 5.41) is 8.97. The molecule has 1 aromatic carbocycles. The lowest BCUT2D eigenvalue weighted by atomic mass is 10.1. The molecule has 1 saturated heterocycles. The van der Waals surface area contributed by atoms with E-state index in [1.165, 1.54) is 17.8 Å². The van der Waals surface area contributed by atoms with Gasteiger partial charge in [0.1, 0.15) is 12.7 Å². The summed E-state index contributed by atoms with van der Waals surface area (Å²) < 4.78 is 23.1. The summed E-state index contributed by atoms with van der Waals surface area (Å²) in [6, 6.07) is 8.43. The molecule has 0 bridgehead atoms. The first-order valence-electron chi connectivity index (χ1n) is 10.9. The number of nitrogens with one attached hydrogen (secondary N) is 1. The third-order valence-corrected chi connectivity index (χ3v) is 5.94. The first-order valence-corrected chi connectivity index (χ1v) is 10.9. The van der Waals surface area contributed by atoms with Gasteiger partial charge in [-0.15, -0.1) is 0 Å². The van der Waals surface area contributed by atoms with Gasteiger partial charge in [0, 0.05) is 18.3 Å². The summed E-state index contributed by atoms with van der Waals surface area (Å²) in [5.41, 5.74) is 2.44. The van der Waals surface area contributed by atoms with Gasteiger partial charge in [-0.05, 0) is 42.5 Å². The zero-order valence-electron chi connectivity index (χ0n) is 18.2. The molecule has 2 unspecified atom stereocenters. The molecule has 3 aliphatic rings. The second-order valence-corrected chi connectivity index (χ2v) is 8.31. The average Bonchev–Trinajstić information content (AvgIpc) is 3.66. The van der Waals surface area contributed by atoms with E-state index in [9.17, 15) is 19.2 Å². The molecular formula is C23H21N3O9. The highest BCUT2D eigenvalue weighted by Crippen LogP contribution is 2.40. The minimum absolute atomic E-state index is 0.108. The van der Waals surface area contributed by atoms with Crippen LogP contribution in [-0.2, 0) is 28.5 Å². The molecule has 0 radical (unpaired) electrons. The molecule has 2 fully saturated rings. The fraction of sp³-hybridized carbons (Fsp3) is 0.348. The average molecular weight is 483 g/mol. The number of hydrogen-bond acceptors (Lipinski definition) is 11. The van der Waals surface area contributed by atoms with Gasteiger partial charge in [-0.2, -0.15) is 4.98 Å². The van der Waals surface area contributed by atoms with Crippen molar-refractivity contribution in [2.75, 3.05) is 12.1 Å². The third kappa shape index (κ3) is 4.79. The van der Waals surface area contributed by atoms with Gasteiger partial charge in [0.15, 0.2) is 24.3 Å². The molecule has 2 aromatic rings. The molecule has 35 heavy (non-hydrogen) atoms. The largest absolute Gasteiger partial charge is 0.459 e. The number of carbonyl (C=O) groups is 3. The first-order chi connectivity index (χ1) is 16.9. The summed E-state index contributed by atoms with van der Waals surface area (Å²) in [7, 11) is 0. The summed E-state index contributed by atoms with van der Waals surface area (Å²) >= 11 is 0. The molecule has 2 N–H and O–H groups in total. The second-order valence-electron chi connectivity index (χ2n) is 8.31. The topological polar surface area (TPSA) is 155 Å². The van der Waals surface area contributed by atoms with Crippen molar-refractivity contribution in [2.24, 2.45) is 0 Å². The Kier molecular flexibility index (Phi) is 6.05. The van der Waals surface area contributed by atoms with Crippen LogP contribution >= 0.6 is 0 Å². The van der Waals surface area contributed by atoms with Crippen LogP contribution in [0.1, 0.15) is 40.9 Å². The van der Waals surface area contributed by atoms with Crippen molar-refractivity contribution in [2.45, 2.75) is 43.3 Å². The number of nitrogens with zero attached hydrogens (tertiary/aromatic N) is 2. The third-order valence-electron chi connectivity index (χ3n) is 5.94. The monoisotopic (exact) mass is 483 g/mol. The van der Waals surface area contributed by atoms with Crippen molar-refractivity contribution >= 4 is 23.7 Å². The van der Waals surface area contributed by atoms with Crippen LogP contribution in [0.15, 0.2) is 53.5 Å². The Morgan fingerprint density at radius 2 is 1.74 bits per heavy atom. The predicted molar refractivity (Wildman–Crippen MR) is 115 cm³/mol. The molecule has 1 aliphatic carbocycles.